The Balaban J connectivity index is 2.57. The minimum atomic E-state index is -0.377. The molecule has 1 aromatic rings. The fraction of sp³-hybridized carbons (Fsp3) is 0.444. The van der Waals surface area contributed by atoms with Crippen LogP contribution in [0.1, 0.15) is 18.9 Å². The zero-order valence-electron chi connectivity index (χ0n) is 7.00. The first-order valence-corrected chi connectivity index (χ1v) is 3.96. The Labute approximate surface area is 71.1 Å². The Bertz CT molecular complexity index is 250. The van der Waals surface area contributed by atoms with E-state index in [0.29, 0.717) is 18.4 Å². The number of rotatable bonds is 3. The van der Waals surface area contributed by atoms with Gasteiger partial charge in [-0.25, -0.2) is 4.39 Å². The summed E-state index contributed by atoms with van der Waals surface area (Å²) >= 11 is 0. The zero-order valence-corrected chi connectivity index (χ0v) is 7.00. The molecule has 0 radical (unpaired) electrons. The van der Waals surface area contributed by atoms with Gasteiger partial charge in [0, 0.05) is 6.20 Å². The largest absolute Gasteiger partial charge is 0.393 e. The van der Waals surface area contributed by atoms with Crippen LogP contribution in [-0.2, 0) is 6.42 Å². The summed E-state index contributed by atoms with van der Waals surface area (Å²) < 4.78 is 12.9. The Hall–Kier alpha value is -0.960. The first-order valence-electron chi connectivity index (χ1n) is 3.96. The number of pyridine rings is 1. The highest BCUT2D eigenvalue weighted by Crippen LogP contribution is 2.08. The highest BCUT2D eigenvalue weighted by molar-refractivity contribution is 5.12. The molecule has 0 amide bonds. The molecule has 1 atom stereocenters. The molecule has 1 N–H and O–H groups in total. The number of hydrogen-bond acceptors (Lipinski definition) is 2. The normalized spacial score (nSPS) is 12.9. The first-order chi connectivity index (χ1) is 5.70. The maximum absolute atomic E-state index is 12.9. The summed E-state index contributed by atoms with van der Waals surface area (Å²) in [5.41, 5.74) is 0.617. The van der Waals surface area contributed by atoms with E-state index in [0.717, 1.165) is 0 Å². The SMILES string of the molecule is CC(O)CCc1ccncc1F. The van der Waals surface area contributed by atoms with E-state index in [4.69, 9.17) is 5.11 Å². The summed E-state index contributed by atoms with van der Waals surface area (Å²) in [5.74, 6) is -0.293. The minimum Gasteiger partial charge on any atom is -0.393 e. The van der Waals surface area contributed by atoms with Gasteiger partial charge in [0.2, 0.25) is 0 Å². The maximum Gasteiger partial charge on any atom is 0.144 e. The average Bonchev–Trinajstić information content (AvgIpc) is 2.03. The van der Waals surface area contributed by atoms with Crippen LogP contribution < -0.4 is 0 Å². The van der Waals surface area contributed by atoms with Crippen LogP contribution in [0.5, 0.6) is 0 Å². The molecule has 3 heteroatoms. The van der Waals surface area contributed by atoms with E-state index in [9.17, 15) is 4.39 Å². The van der Waals surface area contributed by atoms with Crippen molar-refractivity contribution in [1.82, 2.24) is 4.98 Å². The zero-order chi connectivity index (χ0) is 8.97. The topological polar surface area (TPSA) is 33.1 Å². The average molecular weight is 169 g/mol. The molecule has 0 aromatic carbocycles. The highest BCUT2D eigenvalue weighted by Gasteiger charge is 2.02. The van der Waals surface area contributed by atoms with Gasteiger partial charge < -0.3 is 5.11 Å². The fourth-order valence-electron chi connectivity index (χ4n) is 0.971. The van der Waals surface area contributed by atoms with E-state index in [-0.39, 0.29) is 11.9 Å². The van der Waals surface area contributed by atoms with Gasteiger partial charge in [-0.15, -0.1) is 0 Å². The minimum absolute atomic E-state index is 0.293. The van der Waals surface area contributed by atoms with E-state index in [1.165, 1.54) is 6.20 Å². The van der Waals surface area contributed by atoms with Crippen molar-refractivity contribution in [3.05, 3.63) is 29.8 Å². The summed E-state index contributed by atoms with van der Waals surface area (Å²) in [4.78, 5) is 3.63. The molecular formula is C9H12FNO. The lowest BCUT2D eigenvalue weighted by Crippen LogP contribution is -2.02. The van der Waals surface area contributed by atoms with E-state index in [1.807, 2.05) is 0 Å². The Morgan fingerprint density at radius 1 is 1.67 bits per heavy atom. The van der Waals surface area contributed by atoms with Crippen LogP contribution in [0.25, 0.3) is 0 Å². The van der Waals surface area contributed by atoms with Gasteiger partial charge in [0.1, 0.15) is 5.82 Å². The van der Waals surface area contributed by atoms with Gasteiger partial charge in [0.25, 0.3) is 0 Å². The molecule has 0 aliphatic rings. The third-order valence-corrected chi connectivity index (χ3v) is 1.69. The van der Waals surface area contributed by atoms with Crippen LogP contribution in [0.3, 0.4) is 0 Å². The summed E-state index contributed by atoms with van der Waals surface area (Å²) in [7, 11) is 0. The number of aliphatic hydroxyl groups excluding tert-OH is 1. The molecule has 66 valence electrons. The lowest BCUT2D eigenvalue weighted by Gasteiger charge is -2.03. The first kappa shape index (κ1) is 9.13. The number of aryl methyl sites for hydroxylation is 1. The van der Waals surface area contributed by atoms with Crippen molar-refractivity contribution in [3.63, 3.8) is 0 Å². The Kier molecular flexibility index (Phi) is 3.17. The quantitative estimate of drug-likeness (QED) is 0.744. The van der Waals surface area contributed by atoms with Crippen LogP contribution in [0.15, 0.2) is 18.5 Å². The van der Waals surface area contributed by atoms with Crippen LogP contribution in [-0.4, -0.2) is 16.2 Å². The van der Waals surface area contributed by atoms with E-state index in [1.54, 1.807) is 19.2 Å². The predicted molar refractivity (Wildman–Crippen MR) is 44.2 cm³/mol. The van der Waals surface area contributed by atoms with Crippen LogP contribution in [0.2, 0.25) is 0 Å². The number of aromatic nitrogens is 1. The molecule has 1 heterocycles. The number of aliphatic hydroxyl groups is 1. The van der Waals surface area contributed by atoms with Gasteiger partial charge in [-0.3, -0.25) is 4.98 Å². The van der Waals surface area contributed by atoms with Crippen LogP contribution in [0.4, 0.5) is 4.39 Å². The van der Waals surface area contributed by atoms with E-state index >= 15 is 0 Å². The second-order valence-electron chi connectivity index (χ2n) is 2.85. The second kappa shape index (κ2) is 4.16. The summed E-state index contributed by atoms with van der Waals surface area (Å²) in [6.07, 6.45) is 3.52. The van der Waals surface area contributed by atoms with E-state index in [2.05, 4.69) is 4.98 Å². The standard InChI is InChI=1S/C9H12FNO/c1-7(12)2-3-8-4-5-11-6-9(8)10/h4-7,12H,2-3H2,1H3. The monoisotopic (exact) mass is 169 g/mol. The molecule has 0 bridgehead atoms. The van der Waals surface area contributed by atoms with Gasteiger partial charge >= 0.3 is 0 Å². The van der Waals surface area contributed by atoms with Gasteiger partial charge in [-0.2, -0.15) is 0 Å². The molecule has 0 spiro atoms. The Morgan fingerprint density at radius 3 is 3.00 bits per heavy atom. The molecule has 1 aromatic heterocycles. The van der Waals surface area contributed by atoms with Crippen LogP contribution in [0, 0.1) is 5.82 Å². The molecule has 0 saturated heterocycles. The van der Waals surface area contributed by atoms with E-state index < -0.39 is 0 Å². The third-order valence-electron chi connectivity index (χ3n) is 1.69. The predicted octanol–water partition coefficient (Wildman–Crippen LogP) is 1.53. The third kappa shape index (κ3) is 2.58. The highest BCUT2D eigenvalue weighted by atomic mass is 19.1. The lowest BCUT2D eigenvalue weighted by atomic mass is 10.1. The van der Waals surface area contributed by atoms with Crippen molar-refractivity contribution in [1.29, 1.82) is 0 Å². The lowest BCUT2D eigenvalue weighted by molar-refractivity contribution is 0.184. The number of nitrogens with zero attached hydrogens (tertiary/aromatic N) is 1. The number of halogens is 1. The van der Waals surface area contributed by atoms with Crippen molar-refractivity contribution < 1.29 is 9.50 Å². The van der Waals surface area contributed by atoms with Gasteiger partial charge in [0.15, 0.2) is 0 Å². The molecule has 12 heavy (non-hydrogen) atoms. The van der Waals surface area contributed by atoms with Crippen molar-refractivity contribution in [2.45, 2.75) is 25.9 Å². The number of hydrogen-bond donors (Lipinski definition) is 1. The maximum atomic E-state index is 12.9. The smallest absolute Gasteiger partial charge is 0.144 e. The molecule has 1 unspecified atom stereocenters. The fourth-order valence-corrected chi connectivity index (χ4v) is 0.971. The molecule has 1 rings (SSSR count). The summed E-state index contributed by atoms with van der Waals surface area (Å²) in [6.45, 7) is 1.69. The van der Waals surface area contributed by atoms with Crippen molar-refractivity contribution in [2.24, 2.45) is 0 Å². The summed E-state index contributed by atoms with van der Waals surface area (Å²) in [6, 6.07) is 1.64. The van der Waals surface area contributed by atoms with Crippen molar-refractivity contribution in [2.75, 3.05) is 0 Å². The van der Waals surface area contributed by atoms with Crippen molar-refractivity contribution in [3.8, 4) is 0 Å². The van der Waals surface area contributed by atoms with Crippen LogP contribution >= 0.6 is 0 Å². The summed E-state index contributed by atoms with van der Waals surface area (Å²) in [5, 5.41) is 8.97. The molecule has 0 fully saturated rings. The molecule has 2 nitrogen and oxygen atoms in total. The van der Waals surface area contributed by atoms with Gasteiger partial charge in [0.05, 0.1) is 12.3 Å². The van der Waals surface area contributed by atoms with Gasteiger partial charge in [-0.1, -0.05) is 0 Å². The molecule has 0 aliphatic carbocycles. The second-order valence-corrected chi connectivity index (χ2v) is 2.85. The molecule has 0 aliphatic heterocycles. The van der Waals surface area contributed by atoms with Crippen molar-refractivity contribution >= 4 is 0 Å². The Morgan fingerprint density at radius 2 is 2.42 bits per heavy atom. The molecule has 0 saturated carbocycles. The molecular weight excluding hydrogens is 157 g/mol. The van der Waals surface area contributed by atoms with Gasteiger partial charge in [-0.05, 0) is 31.4 Å².